The lowest BCUT2D eigenvalue weighted by molar-refractivity contribution is 0.332. The van der Waals surface area contributed by atoms with Gasteiger partial charge in [0.1, 0.15) is 0 Å². The Kier molecular flexibility index (Phi) is 5.71. The van der Waals surface area contributed by atoms with Crippen molar-refractivity contribution in [3.05, 3.63) is 29.8 Å². The second-order valence-electron chi connectivity index (χ2n) is 5.68. The SMILES string of the molecule is CCCC(CC)Nc1ccccc1CN1CCCC1. The number of nitrogens with zero attached hydrogens (tertiary/aromatic N) is 1. The summed E-state index contributed by atoms with van der Waals surface area (Å²) >= 11 is 0. The van der Waals surface area contributed by atoms with E-state index in [2.05, 4.69) is 48.3 Å². The molecule has 19 heavy (non-hydrogen) atoms. The summed E-state index contributed by atoms with van der Waals surface area (Å²) in [7, 11) is 0. The maximum atomic E-state index is 3.75. The highest BCUT2D eigenvalue weighted by molar-refractivity contribution is 5.51. The van der Waals surface area contributed by atoms with Gasteiger partial charge in [0.15, 0.2) is 0 Å². The molecule has 0 saturated carbocycles. The van der Waals surface area contributed by atoms with Gasteiger partial charge in [-0.3, -0.25) is 4.90 Å². The summed E-state index contributed by atoms with van der Waals surface area (Å²) in [6, 6.07) is 9.44. The number of anilines is 1. The van der Waals surface area contributed by atoms with E-state index < -0.39 is 0 Å². The Morgan fingerprint density at radius 3 is 2.58 bits per heavy atom. The van der Waals surface area contributed by atoms with Gasteiger partial charge < -0.3 is 5.32 Å². The third-order valence-electron chi connectivity index (χ3n) is 4.10. The van der Waals surface area contributed by atoms with E-state index in [0.29, 0.717) is 6.04 Å². The molecule has 2 nitrogen and oxygen atoms in total. The van der Waals surface area contributed by atoms with Crippen molar-refractivity contribution in [1.29, 1.82) is 0 Å². The first kappa shape index (κ1) is 14.4. The maximum absolute atomic E-state index is 3.75. The average molecular weight is 260 g/mol. The van der Waals surface area contributed by atoms with Crippen LogP contribution in [0.15, 0.2) is 24.3 Å². The van der Waals surface area contributed by atoms with Gasteiger partial charge in [-0.25, -0.2) is 0 Å². The topological polar surface area (TPSA) is 15.3 Å². The van der Waals surface area contributed by atoms with Gasteiger partial charge in [0, 0.05) is 18.3 Å². The molecule has 2 rings (SSSR count). The van der Waals surface area contributed by atoms with Crippen LogP contribution < -0.4 is 5.32 Å². The van der Waals surface area contributed by atoms with E-state index in [1.54, 1.807) is 0 Å². The molecule has 0 radical (unpaired) electrons. The molecule has 1 unspecified atom stereocenters. The molecule has 2 heteroatoms. The minimum absolute atomic E-state index is 0.615. The van der Waals surface area contributed by atoms with Crippen molar-refractivity contribution in [3.63, 3.8) is 0 Å². The van der Waals surface area contributed by atoms with E-state index in [4.69, 9.17) is 0 Å². The lowest BCUT2D eigenvalue weighted by Crippen LogP contribution is -2.22. The molecule has 1 aliphatic heterocycles. The number of benzene rings is 1. The first-order chi connectivity index (χ1) is 9.33. The molecule has 0 spiro atoms. The van der Waals surface area contributed by atoms with Crippen molar-refractivity contribution in [2.45, 2.75) is 58.5 Å². The quantitative estimate of drug-likeness (QED) is 0.787. The molecule has 1 aliphatic rings. The van der Waals surface area contributed by atoms with Crippen LogP contribution in [-0.4, -0.2) is 24.0 Å². The first-order valence-corrected chi connectivity index (χ1v) is 7.90. The van der Waals surface area contributed by atoms with Gasteiger partial charge >= 0.3 is 0 Å². The van der Waals surface area contributed by atoms with Crippen LogP contribution in [0.2, 0.25) is 0 Å². The van der Waals surface area contributed by atoms with Crippen LogP contribution >= 0.6 is 0 Å². The van der Waals surface area contributed by atoms with E-state index in [-0.39, 0.29) is 0 Å². The molecule has 0 aliphatic carbocycles. The zero-order valence-corrected chi connectivity index (χ0v) is 12.5. The Hall–Kier alpha value is -1.02. The van der Waals surface area contributed by atoms with Crippen LogP contribution in [0.3, 0.4) is 0 Å². The molecule has 0 aromatic heterocycles. The third-order valence-corrected chi connectivity index (χ3v) is 4.10. The highest BCUT2D eigenvalue weighted by atomic mass is 15.1. The highest BCUT2D eigenvalue weighted by Gasteiger charge is 2.14. The molecule has 1 aromatic rings. The molecule has 106 valence electrons. The molecule has 1 atom stereocenters. The Bertz CT molecular complexity index is 369. The van der Waals surface area contributed by atoms with Gasteiger partial charge in [-0.1, -0.05) is 38.5 Å². The predicted molar refractivity (Wildman–Crippen MR) is 83.6 cm³/mol. The van der Waals surface area contributed by atoms with Gasteiger partial charge in [0.2, 0.25) is 0 Å². The molecule has 1 N–H and O–H groups in total. The van der Waals surface area contributed by atoms with Gasteiger partial charge in [0.05, 0.1) is 0 Å². The van der Waals surface area contributed by atoms with Crippen molar-refractivity contribution >= 4 is 5.69 Å². The molecular formula is C17H28N2. The highest BCUT2D eigenvalue weighted by Crippen LogP contribution is 2.22. The lowest BCUT2D eigenvalue weighted by atomic mass is 10.1. The normalized spacial score (nSPS) is 17.6. The fourth-order valence-electron chi connectivity index (χ4n) is 2.93. The Morgan fingerprint density at radius 2 is 1.89 bits per heavy atom. The summed E-state index contributed by atoms with van der Waals surface area (Å²) in [5.41, 5.74) is 2.80. The molecule has 1 aromatic carbocycles. The summed E-state index contributed by atoms with van der Waals surface area (Å²) in [5.74, 6) is 0. The Balaban J connectivity index is 2.02. The Labute approximate surface area is 118 Å². The van der Waals surface area contributed by atoms with Crippen LogP contribution in [0.5, 0.6) is 0 Å². The number of likely N-dealkylation sites (tertiary alicyclic amines) is 1. The summed E-state index contributed by atoms with van der Waals surface area (Å²) < 4.78 is 0. The fraction of sp³-hybridized carbons (Fsp3) is 0.647. The average Bonchev–Trinajstić information content (AvgIpc) is 2.93. The van der Waals surface area contributed by atoms with Crippen molar-refractivity contribution < 1.29 is 0 Å². The summed E-state index contributed by atoms with van der Waals surface area (Å²) in [5, 5.41) is 3.75. The van der Waals surface area contributed by atoms with E-state index in [0.717, 1.165) is 6.54 Å². The smallest absolute Gasteiger partial charge is 0.0388 e. The van der Waals surface area contributed by atoms with E-state index >= 15 is 0 Å². The Morgan fingerprint density at radius 1 is 1.16 bits per heavy atom. The van der Waals surface area contributed by atoms with Crippen LogP contribution in [0.4, 0.5) is 5.69 Å². The standard InChI is InChI=1S/C17H28N2/c1-3-9-16(4-2)18-17-11-6-5-10-15(17)14-19-12-7-8-13-19/h5-6,10-11,16,18H,3-4,7-9,12-14H2,1-2H3. The van der Waals surface area contributed by atoms with Crippen LogP contribution in [0, 0.1) is 0 Å². The first-order valence-electron chi connectivity index (χ1n) is 7.90. The van der Waals surface area contributed by atoms with Crippen LogP contribution in [-0.2, 0) is 6.54 Å². The van der Waals surface area contributed by atoms with E-state index in [1.165, 1.54) is 56.4 Å². The van der Waals surface area contributed by atoms with E-state index in [9.17, 15) is 0 Å². The molecule has 1 heterocycles. The zero-order chi connectivity index (χ0) is 13.5. The fourth-order valence-corrected chi connectivity index (χ4v) is 2.93. The lowest BCUT2D eigenvalue weighted by Gasteiger charge is -2.22. The number of nitrogens with one attached hydrogen (secondary N) is 1. The largest absolute Gasteiger partial charge is 0.382 e. The molecule has 0 amide bonds. The third kappa shape index (κ3) is 4.24. The van der Waals surface area contributed by atoms with Gasteiger partial charge in [-0.2, -0.15) is 0 Å². The monoisotopic (exact) mass is 260 g/mol. The summed E-state index contributed by atoms with van der Waals surface area (Å²) in [6.45, 7) is 8.17. The molecular weight excluding hydrogens is 232 g/mol. The van der Waals surface area contributed by atoms with Crippen molar-refractivity contribution in [2.24, 2.45) is 0 Å². The minimum atomic E-state index is 0.615. The molecule has 0 bridgehead atoms. The maximum Gasteiger partial charge on any atom is 0.0388 e. The zero-order valence-electron chi connectivity index (χ0n) is 12.5. The molecule has 1 fully saturated rings. The van der Waals surface area contributed by atoms with Crippen molar-refractivity contribution in [1.82, 2.24) is 4.90 Å². The van der Waals surface area contributed by atoms with Crippen molar-refractivity contribution in [3.8, 4) is 0 Å². The second-order valence-corrected chi connectivity index (χ2v) is 5.68. The van der Waals surface area contributed by atoms with Gasteiger partial charge in [0.25, 0.3) is 0 Å². The number of hydrogen-bond acceptors (Lipinski definition) is 2. The summed E-state index contributed by atoms with van der Waals surface area (Å²) in [4.78, 5) is 2.57. The van der Waals surface area contributed by atoms with Gasteiger partial charge in [-0.15, -0.1) is 0 Å². The number of rotatable bonds is 7. The number of para-hydroxylation sites is 1. The second kappa shape index (κ2) is 7.54. The molecule has 1 saturated heterocycles. The summed E-state index contributed by atoms with van der Waals surface area (Å²) in [6.07, 6.45) is 6.44. The van der Waals surface area contributed by atoms with Gasteiger partial charge in [-0.05, 0) is 50.4 Å². The van der Waals surface area contributed by atoms with Crippen LogP contribution in [0.1, 0.15) is 51.5 Å². The van der Waals surface area contributed by atoms with Crippen LogP contribution in [0.25, 0.3) is 0 Å². The van der Waals surface area contributed by atoms with Crippen molar-refractivity contribution in [2.75, 3.05) is 18.4 Å². The predicted octanol–water partition coefficient (Wildman–Crippen LogP) is 4.27. The number of hydrogen-bond donors (Lipinski definition) is 1. The van der Waals surface area contributed by atoms with E-state index in [1.807, 2.05) is 0 Å². The minimum Gasteiger partial charge on any atom is -0.382 e.